The highest BCUT2D eigenvalue weighted by molar-refractivity contribution is 6.33. The quantitative estimate of drug-likeness (QED) is 0.647. The molecule has 0 bridgehead atoms. The molecule has 3 rings (SSSR count). The second kappa shape index (κ2) is 6.72. The van der Waals surface area contributed by atoms with Crippen molar-refractivity contribution in [2.45, 2.75) is 38.6 Å². The van der Waals surface area contributed by atoms with Gasteiger partial charge < -0.3 is 9.64 Å². The molecule has 0 unspecified atom stereocenters. The van der Waals surface area contributed by atoms with Crippen molar-refractivity contribution in [1.82, 2.24) is 0 Å². The molecule has 1 atom stereocenters. The summed E-state index contributed by atoms with van der Waals surface area (Å²) >= 11 is 6.56. The van der Waals surface area contributed by atoms with Crippen LogP contribution in [0.1, 0.15) is 44.2 Å². The van der Waals surface area contributed by atoms with E-state index < -0.39 is 0 Å². The minimum absolute atomic E-state index is 0.128. The monoisotopic (exact) mass is 356 g/mol. The zero-order chi connectivity index (χ0) is 18.2. The van der Waals surface area contributed by atoms with Crippen LogP contribution in [0.2, 0.25) is 5.02 Å². The molecule has 0 spiro atoms. The minimum Gasteiger partial charge on any atom is -0.494 e. The number of rotatable bonds is 3. The second-order valence-corrected chi connectivity index (χ2v) is 7.75. The van der Waals surface area contributed by atoms with Crippen molar-refractivity contribution in [2.24, 2.45) is 4.99 Å². The van der Waals surface area contributed by atoms with Crippen molar-refractivity contribution in [2.75, 3.05) is 19.1 Å². The third kappa shape index (κ3) is 3.38. The van der Waals surface area contributed by atoms with Gasteiger partial charge in [0, 0.05) is 30.1 Å². The van der Waals surface area contributed by atoms with Gasteiger partial charge in [0.1, 0.15) is 11.4 Å². The summed E-state index contributed by atoms with van der Waals surface area (Å²) in [5.41, 5.74) is 4.40. The summed E-state index contributed by atoms with van der Waals surface area (Å²) in [5, 5.41) is 0.717. The third-order valence-electron chi connectivity index (χ3n) is 5.18. The maximum atomic E-state index is 6.56. The van der Waals surface area contributed by atoms with Crippen molar-refractivity contribution in [1.29, 1.82) is 0 Å². The van der Waals surface area contributed by atoms with Gasteiger partial charge in [0.25, 0.3) is 0 Å². The van der Waals surface area contributed by atoms with Gasteiger partial charge in [-0.15, -0.1) is 0 Å². The maximum Gasteiger partial charge on any atom is 0.144 e. The number of fused-ring (bicyclic) bond motifs is 1. The molecule has 1 aliphatic rings. The molecule has 2 aromatic carbocycles. The first-order valence-electron chi connectivity index (χ1n) is 8.58. The van der Waals surface area contributed by atoms with Crippen LogP contribution in [0.5, 0.6) is 5.75 Å². The maximum absolute atomic E-state index is 6.56. The second-order valence-electron chi connectivity index (χ2n) is 7.34. The Morgan fingerprint density at radius 3 is 2.72 bits per heavy atom. The van der Waals surface area contributed by atoms with Crippen LogP contribution in [0.15, 0.2) is 41.4 Å². The van der Waals surface area contributed by atoms with Crippen LogP contribution >= 0.6 is 11.6 Å². The molecular formula is C21H25ClN2O. The first-order valence-corrected chi connectivity index (χ1v) is 8.95. The Morgan fingerprint density at radius 2 is 2.00 bits per heavy atom. The fraction of sp³-hybridized carbons (Fsp3) is 0.381. The number of para-hydroxylation sites is 2. The lowest BCUT2D eigenvalue weighted by molar-refractivity contribution is 0.395. The number of aliphatic imine (C=N–C) groups is 1. The van der Waals surface area contributed by atoms with E-state index in [0.29, 0.717) is 10.9 Å². The number of nitrogens with zero attached hydrogens (tertiary/aromatic N) is 2. The van der Waals surface area contributed by atoms with E-state index in [9.17, 15) is 0 Å². The molecule has 0 amide bonds. The van der Waals surface area contributed by atoms with Gasteiger partial charge in [-0.05, 0) is 56.0 Å². The average Bonchev–Trinajstić information content (AvgIpc) is 2.58. The number of hydrogen-bond donors (Lipinski definition) is 0. The first-order chi connectivity index (χ1) is 11.8. The lowest BCUT2D eigenvalue weighted by Gasteiger charge is -2.45. The Balaban J connectivity index is 2.00. The van der Waals surface area contributed by atoms with Crippen LogP contribution in [0.3, 0.4) is 0 Å². The van der Waals surface area contributed by atoms with Gasteiger partial charge in [-0.2, -0.15) is 0 Å². The molecule has 4 heteroatoms. The van der Waals surface area contributed by atoms with E-state index in [-0.39, 0.29) is 5.54 Å². The fourth-order valence-corrected chi connectivity index (χ4v) is 3.79. The highest BCUT2D eigenvalue weighted by atomic mass is 35.5. The molecule has 0 radical (unpaired) electrons. The van der Waals surface area contributed by atoms with Crippen molar-refractivity contribution in [3.05, 3.63) is 52.5 Å². The molecule has 0 N–H and O–H groups in total. The predicted octanol–water partition coefficient (Wildman–Crippen LogP) is 5.82. The van der Waals surface area contributed by atoms with E-state index in [0.717, 1.165) is 23.4 Å². The number of halogens is 1. The summed E-state index contributed by atoms with van der Waals surface area (Å²) in [5.74, 6) is 1.24. The highest BCUT2D eigenvalue weighted by Gasteiger charge is 2.34. The van der Waals surface area contributed by atoms with E-state index in [4.69, 9.17) is 16.3 Å². The largest absolute Gasteiger partial charge is 0.494 e. The molecule has 1 aliphatic heterocycles. The van der Waals surface area contributed by atoms with Crippen molar-refractivity contribution < 1.29 is 4.74 Å². The lowest BCUT2D eigenvalue weighted by Crippen LogP contribution is -2.45. The zero-order valence-corrected chi connectivity index (χ0v) is 16.3. The van der Waals surface area contributed by atoms with Gasteiger partial charge in [0.2, 0.25) is 0 Å². The summed E-state index contributed by atoms with van der Waals surface area (Å²) in [6.45, 7) is 6.83. The average molecular weight is 357 g/mol. The molecule has 0 saturated carbocycles. The van der Waals surface area contributed by atoms with Crippen LogP contribution < -0.4 is 9.64 Å². The van der Waals surface area contributed by atoms with Gasteiger partial charge in [0.15, 0.2) is 0 Å². The van der Waals surface area contributed by atoms with E-state index in [2.05, 4.69) is 49.8 Å². The molecule has 0 aromatic heterocycles. The Bertz CT molecular complexity index is 814. The number of ether oxygens (including phenoxy) is 1. The predicted molar refractivity (Wildman–Crippen MR) is 107 cm³/mol. The summed E-state index contributed by atoms with van der Waals surface area (Å²) in [6, 6.07) is 12.0. The molecule has 1 heterocycles. The number of anilines is 1. The van der Waals surface area contributed by atoms with Gasteiger partial charge in [-0.25, -0.2) is 0 Å². The first kappa shape index (κ1) is 17.8. The van der Waals surface area contributed by atoms with Crippen LogP contribution in [0.4, 0.5) is 11.4 Å². The van der Waals surface area contributed by atoms with Gasteiger partial charge in [0.05, 0.1) is 12.1 Å². The Labute approximate surface area is 155 Å². The van der Waals surface area contributed by atoms with Gasteiger partial charge in [-0.3, -0.25) is 4.99 Å². The SMILES string of the molecule is COc1ccccc1N=Cc1cc2c(cc1Cl)N(C)C(C)(C)C[C@@H]2C. The summed E-state index contributed by atoms with van der Waals surface area (Å²) in [6.07, 6.45) is 2.94. The molecule has 0 saturated heterocycles. The van der Waals surface area contributed by atoms with Gasteiger partial charge in [-0.1, -0.05) is 30.7 Å². The smallest absolute Gasteiger partial charge is 0.144 e. The number of benzene rings is 2. The van der Waals surface area contributed by atoms with Crippen molar-refractivity contribution >= 4 is 29.2 Å². The molecule has 2 aromatic rings. The fourth-order valence-electron chi connectivity index (χ4n) is 3.58. The van der Waals surface area contributed by atoms with E-state index in [1.165, 1.54) is 11.3 Å². The topological polar surface area (TPSA) is 24.8 Å². The molecule has 0 aliphatic carbocycles. The molecule has 132 valence electrons. The van der Waals surface area contributed by atoms with Crippen LogP contribution in [0.25, 0.3) is 0 Å². The molecule has 3 nitrogen and oxygen atoms in total. The van der Waals surface area contributed by atoms with E-state index >= 15 is 0 Å². The lowest BCUT2D eigenvalue weighted by atomic mass is 9.80. The molecule has 0 fully saturated rings. The zero-order valence-electron chi connectivity index (χ0n) is 15.5. The number of methoxy groups -OCH3 is 1. The Kier molecular flexibility index (Phi) is 4.79. The normalized spacial score (nSPS) is 19.1. The van der Waals surface area contributed by atoms with E-state index in [1.54, 1.807) is 7.11 Å². The number of hydrogen-bond acceptors (Lipinski definition) is 3. The van der Waals surface area contributed by atoms with Crippen molar-refractivity contribution in [3.8, 4) is 5.75 Å². The summed E-state index contributed by atoms with van der Waals surface area (Å²) < 4.78 is 5.36. The molecule has 25 heavy (non-hydrogen) atoms. The highest BCUT2D eigenvalue weighted by Crippen LogP contribution is 2.44. The summed E-state index contributed by atoms with van der Waals surface area (Å²) in [4.78, 5) is 6.91. The summed E-state index contributed by atoms with van der Waals surface area (Å²) in [7, 11) is 3.79. The van der Waals surface area contributed by atoms with Crippen molar-refractivity contribution in [3.63, 3.8) is 0 Å². The third-order valence-corrected chi connectivity index (χ3v) is 5.51. The van der Waals surface area contributed by atoms with E-state index in [1.807, 2.05) is 30.5 Å². The Hall–Kier alpha value is -2.00. The van der Waals surface area contributed by atoms with Gasteiger partial charge >= 0.3 is 0 Å². The van der Waals surface area contributed by atoms with Crippen LogP contribution in [0, 0.1) is 0 Å². The van der Waals surface area contributed by atoms with Crippen LogP contribution in [-0.2, 0) is 0 Å². The van der Waals surface area contributed by atoms with Crippen LogP contribution in [-0.4, -0.2) is 25.9 Å². The minimum atomic E-state index is 0.128. The Morgan fingerprint density at radius 1 is 1.28 bits per heavy atom. The standard InChI is InChI=1S/C21H25ClN2O/c1-14-12-21(2,3)24(4)19-11-17(22)15(10-16(14)19)13-23-18-8-6-7-9-20(18)25-5/h6-11,13-14H,12H2,1-5H3/t14-/m0/s1. The molecular weight excluding hydrogens is 332 g/mol.